The van der Waals surface area contributed by atoms with E-state index in [-0.39, 0.29) is 17.8 Å². The lowest BCUT2D eigenvalue weighted by atomic mass is 9.98. The first-order chi connectivity index (χ1) is 9.56. The van der Waals surface area contributed by atoms with Gasteiger partial charge < -0.3 is 10.2 Å². The summed E-state index contributed by atoms with van der Waals surface area (Å²) in [6, 6.07) is 6.64. The van der Waals surface area contributed by atoms with Crippen LogP contribution < -0.4 is 5.73 Å². The van der Waals surface area contributed by atoms with Crippen molar-refractivity contribution in [1.29, 1.82) is 0 Å². The lowest BCUT2D eigenvalue weighted by Crippen LogP contribution is -2.31. The minimum atomic E-state index is -0.344. The number of pyridine rings is 1. The number of rotatable bonds is 6. The molecule has 0 radical (unpaired) electrons. The van der Waals surface area contributed by atoms with E-state index in [9.17, 15) is 4.39 Å². The van der Waals surface area contributed by atoms with E-state index in [0.717, 1.165) is 18.8 Å². The summed E-state index contributed by atoms with van der Waals surface area (Å²) in [5.74, 6) is 0.782. The van der Waals surface area contributed by atoms with Gasteiger partial charge in [-0.25, -0.2) is 4.39 Å². The third-order valence-corrected chi connectivity index (χ3v) is 3.31. The van der Waals surface area contributed by atoms with Crippen molar-refractivity contribution in [3.05, 3.63) is 54.0 Å². The predicted molar refractivity (Wildman–Crippen MR) is 75.3 cm³/mol. The van der Waals surface area contributed by atoms with Crippen LogP contribution in [0.25, 0.3) is 0 Å². The zero-order valence-electron chi connectivity index (χ0n) is 11.8. The van der Waals surface area contributed by atoms with Crippen molar-refractivity contribution in [2.75, 3.05) is 13.6 Å². The lowest BCUT2D eigenvalue weighted by Gasteiger charge is -2.24. The second kappa shape index (κ2) is 6.63. The minimum Gasteiger partial charge on any atom is -0.468 e. The Labute approximate surface area is 118 Å². The molecule has 2 unspecified atom stereocenters. The van der Waals surface area contributed by atoms with Crippen LogP contribution in [0.15, 0.2) is 41.1 Å². The summed E-state index contributed by atoms with van der Waals surface area (Å²) in [5, 5.41) is 0. The van der Waals surface area contributed by atoms with E-state index in [0.29, 0.717) is 5.69 Å². The maximum absolute atomic E-state index is 12.9. The van der Waals surface area contributed by atoms with Crippen molar-refractivity contribution >= 4 is 0 Å². The van der Waals surface area contributed by atoms with E-state index in [2.05, 4.69) is 16.8 Å². The zero-order valence-corrected chi connectivity index (χ0v) is 11.8. The van der Waals surface area contributed by atoms with Gasteiger partial charge in [-0.2, -0.15) is 0 Å². The summed E-state index contributed by atoms with van der Waals surface area (Å²) in [4.78, 5) is 6.19. The van der Waals surface area contributed by atoms with Gasteiger partial charge in [0.2, 0.25) is 0 Å². The van der Waals surface area contributed by atoms with Gasteiger partial charge in [0.1, 0.15) is 11.6 Å². The number of nitrogens with two attached hydrogens (primary N) is 1. The highest BCUT2D eigenvalue weighted by Gasteiger charge is 2.18. The van der Waals surface area contributed by atoms with Crippen LogP contribution in [0.1, 0.15) is 24.4 Å². The highest BCUT2D eigenvalue weighted by atomic mass is 19.1. The average molecular weight is 277 g/mol. The summed E-state index contributed by atoms with van der Waals surface area (Å²) < 4.78 is 18.2. The van der Waals surface area contributed by atoms with Crippen LogP contribution in [0.2, 0.25) is 0 Å². The summed E-state index contributed by atoms with van der Waals surface area (Å²) in [7, 11) is 2.02. The molecule has 0 aliphatic carbocycles. The van der Waals surface area contributed by atoms with Crippen molar-refractivity contribution in [2.24, 2.45) is 11.7 Å². The quantitative estimate of drug-likeness (QED) is 0.881. The van der Waals surface area contributed by atoms with Crippen LogP contribution in [0.3, 0.4) is 0 Å². The zero-order chi connectivity index (χ0) is 14.5. The van der Waals surface area contributed by atoms with E-state index in [1.165, 1.54) is 12.3 Å². The van der Waals surface area contributed by atoms with Gasteiger partial charge in [0, 0.05) is 6.54 Å². The Hall–Kier alpha value is -1.72. The molecule has 108 valence electrons. The molecule has 20 heavy (non-hydrogen) atoms. The van der Waals surface area contributed by atoms with Gasteiger partial charge in [-0.15, -0.1) is 0 Å². The van der Waals surface area contributed by atoms with Crippen LogP contribution >= 0.6 is 0 Å². The SMILES string of the molecule is CC(CN(C)Cc1ccco1)C(N)c1ccc(F)cn1. The molecule has 0 saturated carbocycles. The molecule has 5 heteroatoms. The largest absolute Gasteiger partial charge is 0.468 e. The highest BCUT2D eigenvalue weighted by molar-refractivity contribution is 5.10. The molecular weight excluding hydrogens is 257 g/mol. The number of furan rings is 1. The summed E-state index contributed by atoms with van der Waals surface area (Å²) in [6.07, 6.45) is 2.87. The molecule has 0 saturated heterocycles. The number of nitrogens with zero attached hydrogens (tertiary/aromatic N) is 2. The van der Waals surface area contributed by atoms with Gasteiger partial charge in [-0.1, -0.05) is 6.92 Å². The Morgan fingerprint density at radius 2 is 2.20 bits per heavy atom. The van der Waals surface area contributed by atoms with E-state index in [1.54, 1.807) is 12.3 Å². The summed E-state index contributed by atoms with van der Waals surface area (Å²) in [5.41, 5.74) is 6.89. The number of hydrogen-bond donors (Lipinski definition) is 1. The second-order valence-corrected chi connectivity index (χ2v) is 5.18. The van der Waals surface area contributed by atoms with Crippen molar-refractivity contribution in [2.45, 2.75) is 19.5 Å². The number of halogens is 1. The molecule has 0 amide bonds. The molecule has 2 aromatic heterocycles. The molecule has 4 nitrogen and oxygen atoms in total. The topological polar surface area (TPSA) is 55.3 Å². The van der Waals surface area contributed by atoms with E-state index in [4.69, 9.17) is 10.2 Å². The maximum atomic E-state index is 12.9. The Bertz CT molecular complexity index is 512. The Morgan fingerprint density at radius 3 is 2.80 bits per heavy atom. The molecule has 2 aromatic rings. The van der Waals surface area contributed by atoms with E-state index >= 15 is 0 Å². The molecule has 2 atom stereocenters. The monoisotopic (exact) mass is 277 g/mol. The molecule has 0 aliphatic rings. The molecule has 0 aromatic carbocycles. The van der Waals surface area contributed by atoms with Gasteiger partial charge in [-0.3, -0.25) is 9.88 Å². The number of hydrogen-bond acceptors (Lipinski definition) is 4. The fourth-order valence-corrected chi connectivity index (χ4v) is 2.21. The van der Waals surface area contributed by atoms with Crippen molar-refractivity contribution < 1.29 is 8.81 Å². The second-order valence-electron chi connectivity index (χ2n) is 5.18. The van der Waals surface area contributed by atoms with Crippen LogP contribution in [0.5, 0.6) is 0 Å². The highest BCUT2D eigenvalue weighted by Crippen LogP contribution is 2.19. The fourth-order valence-electron chi connectivity index (χ4n) is 2.21. The number of aromatic nitrogens is 1. The average Bonchev–Trinajstić information content (AvgIpc) is 2.91. The lowest BCUT2D eigenvalue weighted by molar-refractivity contribution is 0.239. The van der Waals surface area contributed by atoms with Gasteiger partial charge in [-0.05, 0) is 37.2 Å². The van der Waals surface area contributed by atoms with E-state index < -0.39 is 0 Å². The summed E-state index contributed by atoms with van der Waals surface area (Å²) in [6.45, 7) is 3.61. The predicted octanol–water partition coefficient (Wildman–Crippen LogP) is 2.58. The normalized spacial score (nSPS) is 14.4. The fraction of sp³-hybridized carbons (Fsp3) is 0.400. The van der Waals surface area contributed by atoms with Gasteiger partial charge >= 0.3 is 0 Å². The Balaban J connectivity index is 1.90. The van der Waals surface area contributed by atoms with Gasteiger partial charge in [0.15, 0.2) is 0 Å². The first kappa shape index (κ1) is 14.7. The first-order valence-corrected chi connectivity index (χ1v) is 6.64. The van der Waals surface area contributed by atoms with Crippen LogP contribution in [-0.2, 0) is 6.54 Å². The molecule has 0 bridgehead atoms. The van der Waals surface area contributed by atoms with Crippen molar-refractivity contribution in [3.8, 4) is 0 Å². The van der Waals surface area contributed by atoms with Crippen LogP contribution in [-0.4, -0.2) is 23.5 Å². The Kier molecular flexibility index (Phi) is 4.87. The molecule has 0 spiro atoms. The molecule has 2 heterocycles. The maximum Gasteiger partial charge on any atom is 0.141 e. The molecule has 0 fully saturated rings. The standard InChI is InChI=1S/C15H20FN3O/c1-11(9-19(2)10-13-4-3-7-20-13)15(17)14-6-5-12(16)8-18-14/h3-8,11,15H,9-10,17H2,1-2H3. The van der Waals surface area contributed by atoms with Crippen molar-refractivity contribution in [1.82, 2.24) is 9.88 Å². The molecule has 0 aliphatic heterocycles. The van der Waals surface area contributed by atoms with Crippen molar-refractivity contribution in [3.63, 3.8) is 0 Å². The Morgan fingerprint density at radius 1 is 1.40 bits per heavy atom. The third-order valence-electron chi connectivity index (χ3n) is 3.31. The molecule has 2 rings (SSSR count). The van der Waals surface area contributed by atoms with Gasteiger partial charge in [0.05, 0.1) is 30.7 Å². The van der Waals surface area contributed by atoms with Crippen LogP contribution in [0.4, 0.5) is 4.39 Å². The van der Waals surface area contributed by atoms with E-state index in [1.807, 2.05) is 19.2 Å². The smallest absolute Gasteiger partial charge is 0.141 e. The third kappa shape index (κ3) is 3.88. The van der Waals surface area contributed by atoms with Crippen LogP contribution in [0, 0.1) is 11.7 Å². The molecular formula is C15H20FN3O. The summed E-state index contributed by atoms with van der Waals surface area (Å²) >= 11 is 0. The van der Waals surface area contributed by atoms with Gasteiger partial charge in [0.25, 0.3) is 0 Å². The minimum absolute atomic E-state index is 0.202. The first-order valence-electron chi connectivity index (χ1n) is 6.64. The molecule has 2 N–H and O–H groups in total.